The molecule has 1 aromatic heterocycles. The maximum absolute atomic E-state index is 13.5. The van der Waals surface area contributed by atoms with Gasteiger partial charge in [0.15, 0.2) is 0 Å². The fourth-order valence-electron chi connectivity index (χ4n) is 4.35. The van der Waals surface area contributed by atoms with E-state index in [0.717, 1.165) is 37.3 Å². The minimum Gasteiger partial charge on any atom is -0.379 e. The summed E-state index contributed by atoms with van der Waals surface area (Å²) in [6, 6.07) is 1.05. The van der Waals surface area contributed by atoms with E-state index >= 15 is 0 Å². The molecule has 0 N–H and O–H groups in total. The molecule has 2 saturated heterocycles. The molecule has 10 heteroatoms. The molecule has 1 atom stereocenters. The van der Waals surface area contributed by atoms with Gasteiger partial charge in [-0.15, -0.1) is 9.78 Å². The normalized spacial score (nSPS) is 22.0. The van der Waals surface area contributed by atoms with E-state index in [1.54, 1.807) is 17.8 Å². The lowest BCUT2D eigenvalue weighted by molar-refractivity contribution is -0.527. The number of imide groups is 1. The zero-order valence-electron chi connectivity index (χ0n) is 19.2. The summed E-state index contributed by atoms with van der Waals surface area (Å²) in [4.78, 5) is 36.4. The fraction of sp³-hybridized carbons (Fsp3) is 0.591. The molecule has 3 aliphatic heterocycles. The monoisotopic (exact) mass is 442 g/mol. The van der Waals surface area contributed by atoms with Crippen LogP contribution in [0.5, 0.6) is 0 Å². The Kier molecular flexibility index (Phi) is 6.52. The first-order valence-corrected chi connectivity index (χ1v) is 11.3. The van der Waals surface area contributed by atoms with Crippen LogP contribution >= 0.6 is 0 Å². The number of nitrogens with zero attached hydrogens (tertiary/aromatic N) is 7. The highest BCUT2D eigenvalue weighted by atomic mass is 16.5. The molecule has 32 heavy (non-hydrogen) atoms. The molecule has 3 aliphatic rings. The minimum atomic E-state index is -0.672. The summed E-state index contributed by atoms with van der Waals surface area (Å²) in [7, 11) is 1.68. The molecule has 0 spiro atoms. The van der Waals surface area contributed by atoms with Crippen LogP contribution < -0.4 is 0 Å². The zero-order valence-corrected chi connectivity index (χ0v) is 19.2. The molecule has 172 valence electrons. The molecule has 0 bridgehead atoms. The van der Waals surface area contributed by atoms with Crippen LogP contribution in [0.2, 0.25) is 0 Å². The third-order valence-electron chi connectivity index (χ3n) is 6.21. The smallest absolute Gasteiger partial charge is 0.379 e. The quantitative estimate of drug-likeness (QED) is 0.451. The number of aryl methyl sites for hydroxylation is 2. The molecule has 3 amide bonds. The van der Waals surface area contributed by atoms with Gasteiger partial charge in [-0.25, -0.2) is 9.37 Å². The molecular formula is C22H32N7O3+. The first kappa shape index (κ1) is 22.3. The van der Waals surface area contributed by atoms with Crippen molar-refractivity contribution in [3.05, 3.63) is 30.1 Å². The van der Waals surface area contributed by atoms with Crippen molar-refractivity contribution in [1.82, 2.24) is 24.5 Å². The van der Waals surface area contributed by atoms with Gasteiger partial charge in [0.1, 0.15) is 5.69 Å². The molecule has 0 radical (unpaired) electrons. The van der Waals surface area contributed by atoms with E-state index in [2.05, 4.69) is 31.4 Å². The van der Waals surface area contributed by atoms with E-state index in [4.69, 9.17) is 14.8 Å². The van der Waals surface area contributed by atoms with Crippen molar-refractivity contribution in [2.24, 2.45) is 4.99 Å². The predicted molar refractivity (Wildman–Crippen MR) is 120 cm³/mol. The topological polar surface area (TPSA) is 86.3 Å². The molecule has 4 heterocycles. The lowest BCUT2D eigenvalue weighted by atomic mass is 10.1. The number of aromatic nitrogens is 2. The predicted octanol–water partition coefficient (Wildman–Crippen LogP) is 0.417. The molecular weight excluding hydrogens is 410 g/mol. The molecule has 1 aromatic rings. The van der Waals surface area contributed by atoms with Crippen LogP contribution in [0.1, 0.15) is 25.2 Å². The lowest BCUT2D eigenvalue weighted by Crippen LogP contribution is -2.63. The van der Waals surface area contributed by atoms with Gasteiger partial charge in [0, 0.05) is 39.6 Å². The number of hydrogen-bond donors (Lipinski definition) is 0. The van der Waals surface area contributed by atoms with Crippen LogP contribution in [0.4, 0.5) is 4.79 Å². The van der Waals surface area contributed by atoms with Gasteiger partial charge in [-0.05, 0) is 12.5 Å². The van der Waals surface area contributed by atoms with Gasteiger partial charge in [0.2, 0.25) is 11.9 Å². The summed E-state index contributed by atoms with van der Waals surface area (Å²) >= 11 is 0. The highest BCUT2D eigenvalue weighted by Gasteiger charge is 2.53. The SMILES string of the molecule is C=CC[N+]1=C(n2nc(CC)cc2CC)N=C2C1C(=O)N(CCN1CCOCC1)C(=O)N2C. The first-order chi connectivity index (χ1) is 15.5. The molecule has 4 rings (SSSR count). The number of morpholine rings is 1. The van der Waals surface area contributed by atoms with Crippen LogP contribution in [0, 0.1) is 0 Å². The summed E-state index contributed by atoms with van der Waals surface area (Å²) in [5, 5.41) is 4.71. The van der Waals surface area contributed by atoms with E-state index < -0.39 is 6.04 Å². The average molecular weight is 443 g/mol. The van der Waals surface area contributed by atoms with Gasteiger partial charge in [-0.1, -0.05) is 31.5 Å². The van der Waals surface area contributed by atoms with Gasteiger partial charge in [-0.2, -0.15) is 0 Å². The van der Waals surface area contributed by atoms with E-state index in [0.29, 0.717) is 44.6 Å². The number of urea groups is 1. The maximum atomic E-state index is 13.5. The maximum Gasteiger partial charge on any atom is 0.421 e. The Bertz CT molecular complexity index is 974. The number of hydrogen-bond acceptors (Lipinski definition) is 6. The second-order valence-corrected chi connectivity index (χ2v) is 8.14. The van der Waals surface area contributed by atoms with E-state index in [1.807, 2.05) is 4.58 Å². The molecule has 1 unspecified atom stereocenters. The highest BCUT2D eigenvalue weighted by Crippen LogP contribution is 2.21. The van der Waals surface area contributed by atoms with Crippen LogP contribution in [-0.2, 0) is 22.4 Å². The van der Waals surface area contributed by atoms with Crippen LogP contribution in [0.25, 0.3) is 0 Å². The summed E-state index contributed by atoms with van der Waals surface area (Å²) in [6.45, 7) is 12.3. The molecule has 2 fully saturated rings. The Morgan fingerprint density at radius 2 is 1.97 bits per heavy atom. The number of fused-ring (bicyclic) bond motifs is 1. The van der Waals surface area contributed by atoms with Crippen LogP contribution in [0.3, 0.4) is 0 Å². The van der Waals surface area contributed by atoms with Gasteiger partial charge in [0.05, 0.1) is 25.5 Å². The Labute approximate surface area is 188 Å². The van der Waals surface area contributed by atoms with E-state index in [1.165, 1.54) is 9.80 Å². The second-order valence-electron chi connectivity index (χ2n) is 8.14. The number of carbonyl (C=O) groups is 2. The van der Waals surface area contributed by atoms with E-state index in [9.17, 15) is 9.59 Å². The zero-order chi connectivity index (χ0) is 22.8. The molecule has 0 saturated carbocycles. The first-order valence-electron chi connectivity index (χ1n) is 11.3. The highest BCUT2D eigenvalue weighted by molar-refractivity contribution is 6.23. The van der Waals surface area contributed by atoms with Gasteiger partial charge < -0.3 is 4.74 Å². The lowest BCUT2D eigenvalue weighted by Gasteiger charge is -2.35. The number of ether oxygens (including phenoxy) is 1. The average Bonchev–Trinajstić information content (AvgIpc) is 3.40. The number of rotatable bonds is 7. The van der Waals surface area contributed by atoms with Crippen molar-refractivity contribution in [3.8, 4) is 0 Å². The number of amidine groups is 1. The fourth-order valence-corrected chi connectivity index (χ4v) is 4.35. The Morgan fingerprint density at radius 1 is 1.22 bits per heavy atom. The van der Waals surface area contributed by atoms with Gasteiger partial charge >= 0.3 is 12.0 Å². The number of carbonyl (C=O) groups excluding carboxylic acids is 2. The van der Waals surface area contributed by atoms with Crippen molar-refractivity contribution in [1.29, 1.82) is 0 Å². The Morgan fingerprint density at radius 3 is 2.62 bits per heavy atom. The molecule has 0 aromatic carbocycles. The number of amides is 3. The van der Waals surface area contributed by atoms with Gasteiger partial charge in [0.25, 0.3) is 5.91 Å². The third kappa shape index (κ3) is 3.88. The summed E-state index contributed by atoms with van der Waals surface area (Å²) in [6.07, 6.45) is 3.33. The number of aliphatic imine (C=N–C) groups is 1. The number of likely N-dealkylation sites (N-methyl/N-ethyl adjacent to an activating group) is 1. The second kappa shape index (κ2) is 9.33. The van der Waals surface area contributed by atoms with E-state index in [-0.39, 0.29) is 11.9 Å². The Balaban J connectivity index is 1.67. The van der Waals surface area contributed by atoms with Gasteiger partial charge in [-0.3, -0.25) is 19.5 Å². The van der Waals surface area contributed by atoms with Crippen molar-refractivity contribution in [2.45, 2.75) is 32.7 Å². The van der Waals surface area contributed by atoms with Crippen molar-refractivity contribution >= 4 is 23.7 Å². The standard InChI is InChI=1S/C22H32N7O3/c1-5-8-27-18-19(23-21(27)29-17(7-3)15-16(6-2)24-29)25(4)22(31)28(20(18)30)10-9-26-11-13-32-14-12-26/h5,15,18H,1,6-14H2,2-4H3/q+1. The van der Waals surface area contributed by atoms with Crippen molar-refractivity contribution in [3.63, 3.8) is 0 Å². The third-order valence-corrected chi connectivity index (χ3v) is 6.21. The molecule has 0 aliphatic carbocycles. The summed E-state index contributed by atoms with van der Waals surface area (Å²) in [5.74, 6) is 0.748. The van der Waals surface area contributed by atoms with Crippen LogP contribution in [0.15, 0.2) is 23.7 Å². The minimum absolute atomic E-state index is 0.252. The largest absolute Gasteiger partial charge is 0.421 e. The Hall–Kier alpha value is -2.85. The van der Waals surface area contributed by atoms with Crippen molar-refractivity contribution < 1.29 is 18.9 Å². The van der Waals surface area contributed by atoms with Crippen molar-refractivity contribution in [2.75, 3.05) is 53.0 Å². The summed E-state index contributed by atoms with van der Waals surface area (Å²) < 4.78 is 9.08. The molecule has 10 nitrogen and oxygen atoms in total. The van der Waals surface area contributed by atoms with Crippen LogP contribution in [-0.4, -0.2) is 112 Å². The summed E-state index contributed by atoms with van der Waals surface area (Å²) in [5.41, 5.74) is 1.98.